The van der Waals surface area contributed by atoms with E-state index < -0.39 is 5.60 Å². The fourth-order valence-corrected chi connectivity index (χ4v) is 4.86. The summed E-state index contributed by atoms with van der Waals surface area (Å²) < 4.78 is 6.26. The van der Waals surface area contributed by atoms with Crippen LogP contribution in [-0.2, 0) is 9.53 Å². The fourth-order valence-electron chi connectivity index (χ4n) is 4.86. The van der Waals surface area contributed by atoms with E-state index in [9.17, 15) is 9.59 Å². The number of ether oxygens (including phenoxy) is 1. The molecule has 0 aromatic heterocycles. The van der Waals surface area contributed by atoms with Gasteiger partial charge in [0, 0.05) is 30.6 Å². The van der Waals surface area contributed by atoms with E-state index in [0.717, 1.165) is 16.7 Å². The molecule has 2 aliphatic rings. The van der Waals surface area contributed by atoms with Gasteiger partial charge in [-0.15, -0.1) is 0 Å². The number of rotatable bonds is 3. The van der Waals surface area contributed by atoms with E-state index in [1.807, 2.05) is 62.9 Å². The first-order valence-corrected chi connectivity index (χ1v) is 10.7. The number of hydrogen-bond donors (Lipinski definition) is 0. The molecule has 1 spiro atoms. The summed E-state index contributed by atoms with van der Waals surface area (Å²) in [6, 6.07) is 16.0. The fraction of sp³-hybridized carbons (Fsp3) is 0.440. The molecule has 4 rings (SSSR count). The van der Waals surface area contributed by atoms with E-state index in [4.69, 9.17) is 4.74 Å². The Hall–Kier alpha value is -2.66. The lowest BCUT2D eigenvalue weighted by Gasteiger charge is -2.42. The van der Waals surface area contributed by atoms with E-state index in [1.54, 1.807) is 4.90 Å². The van der Waals surface area contributed by atoms with Crippen LogP contribution in [-0.4, -0.2) is 59.5 Å². The van der Waals surface area contributed by atoms with E-state index in [-0.39, 0.29) is 30.3 Å². The van der Waals surface area contributed by atoms with Crippen LogP contribution in [0.2, 0.25) is 0 Å². The van der Waals surface area contributed by atoms with Crippen molar-refractivity contribution in [3.63, 3.8) is 0 Å². The van der Waals surface area contributed by atoms with Gasteiger partial charge in [0.2, 0.25) is 0 Å². The molecular weight excluding hydrogens is 376 g/mol. The van der Waals surface area contributed by atoms with Crippen LogP contribution in [0.5, 0.6) is 0 Å². The molecule has 0 saturated carbocycles. The molecule has 2 aliphatic heterocycles. The van der Waals surface area contributed by atoms with Crippen molar-refractivity contribution in [1.29, 1.82) is 0 Å². The van der Waals surface area contributed by atoms with Gasteiger partial charge in [0.15, 0.2) is 5.60 Å². The second-order valence-electron chi connectivity index (χ2n) is 8.86. The zero-order valence-electron chi connectivity index (χ0n) is 18.2. The molecule has 2 saturated heterocycles. The third kappa shape index (κ3) is 3.52. The van der Waals surface area contributed by atoms with Crippen molar-refractivity contribution < 1.29 is 14.3 Å². The first kappa shape index (κ1) is 20.6. The number of carbonyl (C=O) groups excluding carboxylic acids is 2. The van der Waals surface area contributed by atoms with Crippen molar-refractivity contribution in [3.05, 3.63) is 70.8 Å². The molecular formula is C25H30N2O3. The predicted octanol–water partition coefficient (Wildman–Crippen LogP) is 3.55. The van der Waals surface area contributed by atoms with Crippen LogP contribution in [0.1, 0.15) is 46.8 Å². The lowest BCUT2D eigenvalue weighted by molar-refractivity contribution is -0.160. The molecule has 2 amide bonds. The molecule has 0 N–H and O–H groups in total. The molecule has 30 heavy (non-hydrogen) atoms. The molecule has 5 nitrogen and oxygen atoms in total. The number of nitrogens with zero attached hydrogens (tertiary/aromatic N) is 2. The summed E-state index contributed by atoms with van der Waals surface area (Å²) in [5.41, 5.74) is 2.85. The highest BCUT2D eigenvalue weighted by Crippen LogP contribution is 2.43. The average Bonchev–Trinajstić information content (AvgIpc) is 2.99. The van der Waals surface area contributed by atoms with Crippen molar-refractivity contribution >= 4 is 11.8 Å². The number of morpholine rings is 1. The molecule has 2 aromatic carbocycles. The summed E-state index contributed by atoms with van der Waals surface area (Å²) >= 11 is 0. The van der Waals surface area contributed by atoms with Crippen molar-refractivity contribution in [1.82, 2.24) is 9.80 Å². The van der Waals surface area contributed by atoms with Crippen molar-refractivity contribution in [2.45, 2.75) is 45.3 Å². The normalized spacial score (nSPS) is 24.2. The maximum atomic E-state index is 13.6. The van der Waals surface area contributed by atoms with E-state index >= 15 is 0 Å². The van der Waals surface area contributed by atoms with Gasteiger partial charge in [-0.2, -0.15) is 0 Å². The summed E-state index contributed by atoms with van der Waals surface area (Å²) in [5, 5.41) is 0. The Labute approximate surface area is 178 Å². The first-order valence-electron chi connectivity index (χ1n) is 10.7. The number of carbonyl (C=O) groups is 2. The molecule has 5 heteroatoms. The molecule has 2 fully saturated rings. The highest BCUT2D eigenvalue weighted by Gasteiger charge is 2.58. The predicted molar refractivity (Wildman–Crippen MR) is 117 cm³/mol. The van der Waals surface area contributed by atoms with Gasteiger partial charge in [0.05, 0.1) is 13.2 Å². The average molecular weight is 407 g/mol. The number of hydrogen-bond acceptors (Lipinski definition) is 3. The van der Waals surface area contributed by atoms with Crippen LogP contribution >= 0.6 is 0 Å². The highest BCUT2D eigenvalue weighted by atomic mass is 16.5. The third-order valence-electron chi connectivity index (χ3n) is 6.29. The van der Waals surface area contributed by atoms with Gasteiger partial charge >= 0.3 is 0 Å². The Bertz CT molecular complexity index is 936. The molecule has 0 bridgehead atoms. The minimum absolute atomic E-state index is 0.00993. The second kappa shape index (κ2) is 7.88. The first-order chi connectivity index (χ1) is 14.3. The molecule has 2 aromatic rings. The van der Waals surface area contributed by atoms with Gasteiger partial charge in [-0.1, -0.05) is 47.5 Å². The molecule has 0 unspecified atom stereocenters. The maximum absolute atomic E-state index is 13.6. The summed E-state index contributed by atoms with van der Waals surface area (Å²) in [6.07, 6.45) is 0. The summed E-state index contributed by atoms with van der Waals surface area (Å²) in [6.45, 7) is 9.78. The zero-order valence-corrected chi connectivity index (χ0v) is 18.2. The van der Waals surface area contributed by atoms with Gasteiger partial charge < -0.3 is 14.5 Å². The lowest BCUT2D eigenvalue weighted by Crippen LogP contribution is -2.59. The van der Waals surface area contributed by atoms with Crippen LogP contribution in [0.3, 0.4) is 0 Å². The summed E-state index contributed by atoms with van der Waals surface area (Å²) in [5.74, 6) is -0.153. The van der Waals surface area contributed by atoms with Gasteiger partial charge in [-0.3, -0.25) is 9.59 Å². The van der Waals surface area contributed by atoms with Crippen LogP contribution < -0.4 is 0 Å². The minimum atomic E-state index is -1.03. The molecule has 2 atom stereocenters. The van der Waals surface area contributed by atoms with E-state index in [0.29, 0.717) is 25.3 Å². The van der Waals surface area contributed by atoms with Gasteiger partial charge in [-0.25, -0.2) is 0 Å². The lowest BCUT2D eigenvalue weighted by atomic mass is 9.83. The van der Waals surface area contributed by atoms with E-state index in [2.05, 4.69) is 18.2 Å². The molecule has 2 heterocycles. The Morgan fingerprint density at radius 3 is 2.40 bits per heavy atom. The largest absolute Gasteiger partial charge is 0.361 e. The Morgan fingerprint density at radius 1 is 1.10 bits per heavy atom. The zero-order chi connectivity index (χ0) is 21.5. The van der Waals surface area contributed by atoms with Gasteiger partial charge in [0.1, 0.15) is 0 Å². The Balaban J connectivity index is 1.70. The van der Waals surface area contributed by atoms with Crippen LogP contribution in [0.4, 0.5) is 0 Å². The van der Waals surface area contributed by atoms with E-state index in [1.165, 1.54) is 0 Å². The SMILES string of the molecule is Cc1cc(C)cc(C(=O)N2CCO[C@]3(C2)C(=O)N(C(C)C)C[C@H]3c2ccccc2)c1. The number of aryl methyl sites for hydroxylation is 2. The molecule has 158 valence electrons. The molecule has 0 aliphatic carbocycles. The number of amides is 2. The Kier molecular flexibility index (Phi) is 5.41. The standard InChI is InChI=1S/C25H30N2O3/c1-17(2)27-15-22(20-8-6-5-7-9-20)25(24(27)29)16-26(10-11-30-25)23(28)21-13-18(3)12-19(4)14-21/h5-9,12-14,17,22H,10-11,15-16H2,1-4H3/t22-,25-/m0/s1. The monoisotopic (exact) mass is 406 g/mol. The van der Waals surface area contributed by atoms with Crippen LogP contribution in [0.15, 0.2) is 48.5 Å². The van der Waals surface area contributed by atoms with Crippen molar-refractivity contribution in [2.24, 2.45) is 0 Å². The van der Waals surface area contributed by atoms with Gasteiger partial charge in [-0.05, 0) is 45.4 Å². The summed E-state index contributed by atoms with van der Waals surface area (Å²) in [4.78, 5) is 30.6. The smallest absolute Gasteiger partial charge is 0.257 e. The quantitative estimate of drug-likeness (QED) is 0.783. The summed E-state index contributed by atoms with van der Waals surface area (Å²) in [7, 11) is 0. The number of likely N-dealkylation sites (tertiary alicyclic amines) is 1. The minimum Gasteiger partial charge on any atom is -0.361 e. The Morgan fingerprint density at radius 2 is 1.77 bits per heavy atom. The number of benzene rings is 2. The van der Waals surface area contributed by atoms with Crippen LogP contribution in [0.25, 0.3) is 0 Å². The second-order valence-corrected chi connectivity index (χ2v) is 8.86. The topological polar surface area (TPSA) is 49.9 Å². The van der Waals surface area contributed by atoms with Gasteiger partial charge in [0.25, 0.3) is 11.8 Å². The maximum Gasteiger partial charge on any atom is 0.257 e. The van der Waals surface area contributed by atoms with Crippen molar-refractivity contribution in [3.8, 4) is 0 Å². The third-order valence-corrected chi connectivity index (χ3v) is 6.29. The van der Waals surface area contributed by atoms with Crippen LogP contribution in [0, 0.1) is 13.8 Å². The molecule has 0 radical (unpaired) electrons. The van der Waals surface area contributed by atoms with Crippen molar-refractivity contribution in [2.75, 3.05) is 26.2 Å². The highest BCUT2D eigenvalue weighted by molar-refractivity contribution is 5.96.